The Hall–Kier alpha value is -2.81. The van der Waals surface area contributed by atoms with Crippen molar-refractivity contribution in [2.45, 2.75) is 25.8 Å². The van der Waals surface area contributed by atoms with Gasteiger partial charge in [0.2, 0.25) is 0 Å². The summed E-state index contributed by atoms with van der Waals surface area (Å²) in [5.74, 6) is 0.831. The molecule has 0 spiro atoms. The predicted octanol–water partition coefficient (Wildman–Crippen LogP) is 4.02. The van der Waals surface area contributed by atoms with Gasteiger partial charge in [-0.1, -0.05) is 0 Å². The summed E-state index contributed by atoms with van der Waals surface area (Å²) in [6.45, 7) is 0.917. The average Bonchev–Trinajstić information content (AvgIpc) is 3.11. The Labute approximate surface area is 163 Å². The monoisotopic (exact) mass is 429 g/mol. The van der Waals surface area contributed by atoms with Crippen LogP contribution in [-0.2, 0) is 13.0 Å². The third-order valence-corrected chi connectivity index (χ3v) is 5.26. The number of aromatic nitrogens is 4. The number of hydrogen-bond acceptors (Lipinski definition) is 6. The first kappa shape index (κ1) is 17.6. The molecule has 1 aliphatic heterocycles. The second-order valence-corrected chi connectivity index (χ2v) is 7.07. The number of methoxy groups -OCH3 is 1. The molecule has 0 radical (unpaired) electrons. The number of aryl methyl sites for hydroxylation is 1. The molecule has 1 aromatic carbocycles. The van der Waals surface area contributed by atoms with Gasteiger partial charge >= 0.3 is 0 Å². The molecule has 0 atom stereocenters. The Bertz CT molecular complexity index is 1030. The van der Waals surface area contributed by atoms with Crippen LogP contribution in [0.2, 0.25) is 0 Å². The summed E-state index contributed by atoms with van der Waals surface area (Å²) in [6.07, 6.45) is 6.69. The quantitative estimate of drug-likeness (QED) is 0.458. The van der Waals surface area contributed by atoms with Gasteiger partial charge in [-0.15, -0.1) is 0 Å². The molecular weight excluding hydrogens is 414 g/mol. The Balaban J connectivity index is 1.83. The van der Waals surface area contributed by atoms with E-state index >= 15 is 0 Å². The van der Waals surface area contributed by atoms with E-state index in [1.54, 1.807) is 12.3 Å². The minimum Gasteiger partial charge on any atom is -0.496 e. The first-order valence-corrected chi connectivity index (χ1v) is 9.28. The highest BCUT2D eigenvalue weighted by molar-refractivity contribution is 9.10. The zero-order chi connectivity index (χ0) is 19.0. The molecule has 3 heterocycles. The number of nitro benzene ring substituents is 1. The molecule has 138 valence electrons. The van der Waals surface area contributed by atoms with Crippen molar-refractivity contribution < 1.29 is 9.66 Å². The highest BCUT2D eigenvalue weighted by atomic mass is 79.9. The van der Waals surface area contributed by atoms with E-state index in [0.717, 1.165) is 37.1 Å². The number of nitro groups is 1. The molecule has 0 amide bonds. The van der Waals surface area contributed by atoms with Gasteiger partial charge in [-0.3, -0.25) is 14.8 Å². The van der Waals surface area contributed by atoms with Crippen LogP contribution in [0.5, 0.6) is 5.75 Å². The fraction of sp³-hybridized carbons (Fsp3) is 0.278. The van der Waals surface area contributed by atoms with E-state index < -0.39 is 4.92 Å². The fourth-order valence-electron chi connectivity index (χ4n) is 3.30. The van der Waals surface area contributed by atoms with Crippen LogP contribution >= 0.6 is 15.9 Å². The Kier molecular flexibility index (Phi) is 4.61. The van der Waals surface area contributed by atoms with Gasteiger partial charge in [-0.05, 0) is 41.3 Å². The van der Waals surface area contributed by atoms with Crippen LogP contribution in [0, 0.1) is 10.1 Å². The zero-order valence-electron chi connectivity index (χ0n) is 14.6. The largest absolute Gasteiger partial charge is 0.496 e. The van der Waals surface area contributed by atoms with Crippen molar-refractivity contribution in [2.75, 3.05) is 7.11 Å². The lowest BCUT2D eigenvalue weighted by atomic mass is 10.0. The van der Waals surface area contributed by atoms with E-state index in [1.807, 2.05) is 16.9 Å². The molecule has 0 saturated heterocycles. The average molecular weight is 430 g/mol. The van der Waals surface area contributed by atoms with Gasteiger partial charge < -0.3 is 4.74 Å². The summed E-state index contributed by atoms with van der Waals surface area (Å²) in [5, 5.41) is 15.8. The molecule has 8 nitrogen and oxygen atoms in total. The number of fused-ring (bicyclic) bond motifs is 1. The summed E-state index contributed by atoms with van der Waals surface area (Å²) in [5.41, 5.74) is 3.29. The van der Waals surface area contributed by atoms with Gasteiger partial charge in [0.25, 0.3) is 5.69 Å². The zero-order valence-corrected chi connectivity index (χ0v) is 16.1. The molecule has 2 aromatic heterocycles. The molecule has 0 unspecified atom stereocenters. The topological polar surface area (TPSA) is 96.0 Å². The highest BCUT2D eigenvalue weighted by Crippen LogP contribution is 2.37. The van der Waals surface area contributed by atoms with Crippen molar-refractivity contribution in [1.82, 2.24) is 19.7 Å². The normalized spacial score (nSPS) is 13.3. The maximum Gasteiger partial charge on any atom is 0.284 e. The van der Waals surface area contributed by atoms with E-state index in [0.29, 0.717) is 21.6 Å². The first-order valence-electron chi connectivity index (χ1n) is 8.49. The number of benzene rings is 1. The Morgan fingerprint density at radius 3 is 2.93 bits per heavy atom. The second-order valence-electron chi connectivity index (χ2n) is 6.21. The molecule has 4 rings (SSSR count). The summed E-state index contributed by atoms with van der Waals surface area (Å²) in [4.78, 5) is 19.8. The molecule has 0 bridgehead atoms. The van der Waals surface area contributed by atoms with Gasteiger partial charge in [-0.25, -0.2) is 9.97 Å². The van der Waals surface area contributed by atoms with Gasteiger partial charge in [0, 0.05) is 36.1 Å². The van der Waals surface area contributed by atoms with Gasteiger partial charge in [0.05, 0.1) is 34.0 Å². The summed E-state index contributed by atoms with van der Waals surface area (Å²) in [7, 11) is 1.51. The smallest absolute Gasteiger partial charge is 0.284 e. The predicted molar refractivity (Wildman–Crippen MR) is 103 cm³/mol. The molecule has 0 fully saturated rings. The maximum atomic E-state index is 11.3. The third-order valence-electron chi connectivity index (χ3n) is 4.62. The Morgan fingerprint density at radius 1 is 1.30 bits per heavy atom. The SMILES string of the molecule is COc1cc(Br)c([N+](=O)[O-])cc1-c1nccc(-c2cnn3c2CCCC3)n1. The number of nitrogens with zero attached hydrogens (tertiary/aromatic N) is 5. The molecular formula is C18H16BrN5O3. The first-order chi connectivity index (χ1) is 13.1. The second kappa shape index (κ2) is 7.07. The van der Waals surface area contributed by atoms with Crippen molar-refractivity contribution >= 4 is 21.6 Å². The molecule has 0 saturated carbocycles. The van der Waals surface area contributed by atoms with E-state index in [9.17, 15) is 10.1 Å². The highest BCUT2D eigenvalue weighted by Gasteiger charge is 2.21. The van der Waals surface area contributed by atoms with Crippen molar-refractivity contribution in [1.29, 1.82) is 0 Å². The van der Waals surface area contributed by atoms with Crippen LogP contribution in [-0.4, -0.2) is 31.8 Å². The van der Waals surface area contributed by atoms with Gasteiger partial charge in [-0.2, -0.15) is 5.10 Å². The summed E-state index contributed by atoms with van der Waals surface area (Å²) >= 11 is 3.21. The molecule has 9 heteroatoms. The standard InChI is InChI=1S/C18H16BrN5O3/c1-27-17-9-13(19)16(24(25)26)8-11(17)18-20-6-5-14(22-18)12-10-21-23-7-3-2-4-15(12)23/h5-6,8-10H,2-4,7H2,1H3. The maximum absolute atomic E-state index is 11.3. The van der Waals surface area contributed by atoms with Gasteiger partial charge in [0.1, 0.15) is 5.75 Å². The van der Waals surface area contributed by atoms with Gasteiger partial charge in [0.15, 0.2) is 5.82 Å². The van der Waals surface area contributed by atoms with Crippen LogP contribution in [0.25, 0.3) is 22.6 Å². The lowest BCUT2D eigenvalue weighted by Gasteiger charge is -2.14. The number of ether oxygens (including phenoxy) is 1. The van der Waals surface area contributed by atoms with Crippen LogP contribution < -0.4 is 4.74 Å². The number of rotatable bonds is 4. The van der Waals surface area contributed by atoms with Crippen molar-refractivity contribution in [3.05, 3.63) is 50.9 Å². The summed E-state index contributed by atoms with van der Waals surface area (Å²) < 4.78 is 7.75. The van der Waals surface area contributed by atoms with E-state index in [2.05, 4.69) is 31.0 Å². The molecule has 1 aliphatic rings. The third kappa shape index (κ3) is 3.18. The lowest BCUT2D eigenvalue weighted by molar-refractivity contribution is -0.385. The number of halogens is 1. The van der Waals surface area contributed by atoms with Crippen LogP contribution in [0.15, 0.2) is 35.1 Å². The van der Waals surface area contributed by atoms with Crippen LogP contribution in [0.3, 0.4) is 0 Å². The fourth-order valence-corrected chi connectivity index (χ4v) is 3.77. The van der Waals surface area contributed by atoms with Crippen molar-refractivity contribution in [3.63, 3.8) is 0 Å². The van der Waals surface area contributed by atoms with Crippen molar-refractivity contribution in [2.24, 2.45) is 0 Å². The van der Waals surface area contributed by atoms with E-state index in [4.69, 9.17) is 4.74 Å². The van der Waals surface area contributed by atoms with Crippen LogP contribution in [0.1, 0.15) is 18.5 Å². The molecule has 0 N–H and O–H groups in total. The molecule has 27 heavy (non-hydrogen) atoms. The van der Waals surface area contributed by atoms with Crippen LogP contribution in [0.4, 0.5) is 5.69 Å². The minimum absolute atomic E-state index is 0.0669. The number of hydrogen-bond donors (Lipinski definition) is 0. The minimum atomic E-state index is -0.453. The molecule has 3 aromatic rings. The van der Waals surface area contributed by atoms with E-state index in [1.165, 1.54) is 18.9 Å². The Morgan fingerprint density at radius 2 is 2.15 bits per heavy atom. The van der Waals surface area contributed by atoms with Crippen molar-refractivity contribution in [3.8, 4) is 28.4 Å². The molecule has 0 aliphatic carbocycles. The summed E-state index contributed by atoms with van der Waals surface area (Å²) in [6, 6.07) is 4.82. The lowest BCUT2D eigenvalue weighted by Crippen LogP contribution is -2.11. The van der Waals surface area contributed by atoms with E-state index in [-0.39, 0.29) is 5.69 Å².